The maximum atomic E-state index is 11.0. The summed E-state index contributed by atoms with van der Waals surface area (Å²) in [5, 5.41) is 9.07. The molecular weight excluding hydrogens is 252 g/mol. The van der Waals surface area contributed by atoms with E-state index in [-0.39, 0.29) is 0 Å². The van der Waals surface area contributed by atoms with Gasteiger partial charge in [-0.25, -0.2) is 4.79 Å². The van der Waals surface area contributed by atoms with Crippen LogP contribution in [0.4, 0.5) is 5.69 Å². The molecule has 4 nitrogen and oxygen atoms in total. The first-order chi connectivity index (χ1) is 9.61. The molecule has 0 amide bonds. The lowest BCUT2D eigenvalue weighted by Crippen LogP contribution is -2.22. The van der Waals surface area contributed by atoms with E-state index in [0.29, 0.717) is 5.56 Å². The van der Waals surface area contributed by atoms with Crippen molar-refractivity contribution in [1.29, 1.82) is 0 Å². The number of carboxylic acid groups (broad SMARTS) is 1. The number of carboxylic acids is 1. The molecule has 1 aromatic carbocycles. The van der Waals surface area contributed by atoms with E-state index in [1.54, 1.807) is 18.5 Å². The van der Waals surface area contributed by atoms with Gasteiger partial charge in [-0.15, -0.1) is 0 Å². The van der Waals surface area contributed by atoms with Crippen molar-refractivity contribution in [3.05, 3.63) is 59.4 Å². The third kappa shape index (κ3) is 3.15. The summed E-state index contributed by atoms with van der Waals surface area (Å²) >= 11 is 0. The summed E-state index contributed by atoms with van der Waals surface area (Å²) in [5.41, 5.74) is 3.35. The quantitative estimate of drug-likeness (QED) is 0.907. The molecule has 1 N–H and O–H groups in total. The minimum atomic E-state index is -0.883. The van der Waals surface area contributed by atoms with E-state index in [9.17, 15) is 4.79 Å². The second-order valence-electron chi connectivity index (χ2n) is 4.67. The summed E-state index contributed by atoms with van der Waals surface area (Å²) < 4.78 is 0. The molecule has 0 aliphatic heterocycles. The summed E-state index contributed by atoms with van der Waals surface area (Å²) in [5.74, 6) is -0.883. The van der Waals surface area contributed by atoms with Gasteiger partial charge in [0.1, 0.15) is 0 Å². The first-order valence-corrected chi connectivity index (χ1v) is 6.59. The number of hydrogen-bond acceptors (Lipinski definition) is 3. The van der Waals surface area contributed by atoms with Crippen LogP contribution >= 0.6 is 0 Å². The summed E-state index contributed by atoms with van der Waals surface area (Å²) in [4.78, 5) is 17.3. The lowest BCUT2D eigenvalue weighted by molar-refractivity contribution is 0.0696. The van der Waals surface area contributed by atoms with Gasteiger partial charge in [0.2, 0.25) is 0 Å². The molecule has 0 saturated heterocycles. The Morgan fingerprint density at radius 3 is 2.50 bits per heavy atom. The van der Waals surface area contributed by atoms with E-state index in [0.717, 1.165) is 24.3 Å². The van der Waals surface area contributed by atoms with E-state index in [1.807, 2.05) is 31.2 Å². The van der Waals surface area contributed by atoms with E-state index < -0.39 is 5.97 Å². The zero-order valence-corrected chi connectivity index (χ0v) is 11.7. The summed E-state index contributed by atoms with van der Waals surface area (Å²) in [6.45, 7) is 5.55. The Hall–Kier alpha value is -2.36. The topological polar surface area (TPSA) is 53.4 Å². The van der Waals surface area contributed by atoms with Crippen molar-refractivity contribution in [1.82, 2.24) is 4.98 Å². The number of nitrogens with zero attached hydrogens (tertiary/aromatic N) is 2. The standard InChI is InChI=1S/C16H18N2O2/c1-3-18(11-13-6-8-17-9-7-13)14-4-5-15(16(19)20)12(2)10-14/h4-10H,3,11H2,1-2H3,(H,19,20). The maximum absolute atomic E-state index is 11.0. The zero-order chi connectivity index (χ0) is 14.5. The van der Waals surface area contributed by atoms with Crippen molar-refractivity contribution in [2.24, 2.45) is 0 Å². The molecule has 20 heavy (non-hydrogen) atoms. The normalized spacial score (nSPS) is 10.3. The monoisotopic (exact) mass is 270 g/mol. The van der Waals surface area contributed by atoms with Crippen molar-refractivity contribution in [2.45, 2.75) is 20.4 Å². The number of aromatic nitrogens is 1. The smallest absolute Gasteiger partial charge is 0.335 e. The third-order valence-corrected chi connectivity index (χ3v) is 3.31. The molecule has 0 aliphatic rings. The van der Waals surface area contributed by atoms with Gasteiger partial charge in [0.25, 0.3) is 0 Å². The van der Waals surface area contributed by atoms with Crippen LogP contribution in [0.1, 0.15) is 28.4 Å². The van der Waals surface area contributed by atoms with Gasteiger partial charge in [0, 0.05) is 31.2 Å². The number of anilines is 1. The van der Waals surface area contributed by atoms with Gasteiger partial charge in [0.15, 0.2) is 0 Å². The zero-order valence-electron chi connectivity index (χ0n) is 11.7. The van der Waals surface area contributed by atoms with Crippen molar-refractivity contribution in [3.8, 4) is 0 Å². The second-order valence-corrected chi connectivity index (χ2v) is 4.67. The van der Waals surface area contributed by atoms with Gasteiger partial charge < -0.3 is 10.0 Å². The van der Waals surface area contributed by atoms with Crippen molar-refractivity contribution in [2.75, 3.05) is 11.4 Å². The van der Waals surface area contributed by atoms with E-state index in [4.69, 9.17) is 5.11 Å². The second kappa shape index (κ2) is 6.19. The average Bonchev–Trinajstić information content (AvgIpc) is 2.45. The molecule has 0 bridgehead atoms. The molecule has 0 atom stereocenters. The van der Waals surface area contributed by atoms with Crippen LogP contribution in [-0.2, 0) is 6.54 Å². The van der Waals surface area contributed by atoms with Crippen LogP contribution in [0, 0.1) is 6.92 Å². The van der Waals surface area contributed by atoms with Gasteiger partial charge >= 0.3 is 5.97 Å². The number of aromatic carboxylic acids is 1. The minimum Gasteiger partial charge on any atom is -0.478 e. The van der Waals surface area contributed by atoms with E-state index in [1.165, 1.54) is 5.56 Å². The van der Waals surface area contributed by atoms with Crippen LogP contribution in [0.25, 0.3) is 0 Å². The van der Waals surface area contributed by atoms with Gasteiger partial charge in [0.05, 0.1) is 5.56 Å². The Morgan fingerprint density at radius 2 is 1.95 bits per heavy atom. The molecule has 0 radical (unpaired) electrons. The van der Waals surface area contributed by atoms with Crippen molar-refractivity contribution in [3.63, 3.8) is 0 Å². The molecule has 0 unspecified atom stereocenters. The maximum Gasteiger partial charge on any atom is 0.335 e. The van der Waals surface area contributed by atoms with Gasteiger partial charge in [-0.3, -0.25) is 4.98 Å². The Balaban J connectivity index is 2.24. The highest BCUT2D eigenvalue weighted by atomic mass is 16.4. The molecule has 0 spiro atoms. The summed E-state index contributed by atoms with van der Waals surface area (Å²) in [6, 6.07) is 9.43. The van der Waals surface area contributed by atoms with Crippen LogP contribution in [0.2, 0.25) is 0 Å². The van der Waals surface area contributed by atoms with Gasteiger partial charge in [-0.05, 0) is 55.3 Å². The Labute approximate surface area is 118 Å². The van der Waals surface area contributed by atoms with Crippen LogP contribution < -0.4 is 4.90 Å². The largest absolute Gasteiger partial charge is 0.478 e. The highest BCUT2D eigenvalue weighted by Crippen LogP contribution is 2.21. The Morgan fingerprint density at radius 1 is 1.25 bits per heavy atom. The summed E-state index contributed by atoms with van der Waals surface area (Å²) in [7, 11) is 0. The Bertz CT molecular complexity index is 597. The first-order valence-electron chi connectivity index (χ1n) is 6.59. The number of benzene rings is 1. The molecule has 0 fully saturated rings. The van der Waals surface area contributed by atoms with Gasteiger partial charge in [-0.1, -0.05) is 0 Å². The molecule has 1 heterocycles. The highest BCUT2D eigenvalue weighted by Gasteiger charge is 2.10. The molecule has 0 saturated carbocycles. The van der Waals surface area contributed by atoms with Crippen molar-refractivity contribution >= 4 is 11.7 Å². The fraction of sp³-hybridized carbons (Fsp3) is 0.250. The molecule has 2 aromatic rings. The molecule has 1 aromatic heterocycles. The lowest BCUT2D eigenvalue weighted by atomic mass is 10.1. The fourth-order valence-electron chi connectivity index (χ4n) is 2.18. The predicted molar refractivity (Wildman–Crippen MR) is 79.1 cm³/mol. The van der Waals surface area contributed by atoms with E-state index >= 15 is 0 Å². The van der Waals surface area contributed by atoms with Crippen molar-refractivity contribution < 1.29 is 9.90 Å². The minimum absolute atomic E-state index is 0.355. The average molecular weight is 270 g/mol. The predicted octanol–water partition coefficient (Wildman–Crippen LogP) is 3.11. The SMILES string of the molecule is CCN(Cc1ccncc1)c1ccc(C(=O)O)c(C)c1. The molecular formula is C16H18N2O2. The lowest BCUT2D eigenvalue weighted by Gasteiger charge is -2.24. The third-order valence-electron chi connectivity index (χ3n) is 3.31. The Kier molecular flexibility index (Phi) is 4.35. The molecule has 104 valence electrons. The molecule has 4 heteroatoms. The molecule has 0 aliphatic carbocycles. The number of hydrogen-bond donors (Lipinski definition) is 1. The van der Waals surface area contributed by atoms with Gasteiger partial charge in [-0.2, -0.15) is 0 Å². The van der Waals surface area contributed by atoms with Crippen LogP contribution in [0.5, 0.6) is 0 Å². The number of pyridine rings is 1. The van der Waals surface area contributed by atoms with Crippen LogP contribution in [-0.4, -0.2) is 22.6 Å². The fourth-order valence-corrected chi connectivity index (χ4v) is 2.18. The van der Waals surface area contributed by atoms with Crippen LogP contribution in [0.3, 0.4) is 0 Å². The van der Waals surface area contributed by atoms with E-state index in [2.05, 4.69) is 16.8 Å². The van der Waals surface area contributed by atoms with Crippen LogP contribution in [0.15, 0.2) is 42.7 Å². The highest BCUT2D eigenvalue weighted by molar-refractivity contribution is 5.89. The number of aryl methyl sites for hydroxylation is 1. The molecule has 2 rings (SSSR count). The summed E-state index contributed by atoms with van der Waals surface area (Å²) in [6.07, 6.45) is 3.56. The first kappa shape index (κ1) is 14.1. The number of carbonyl (C=O) groups is 1. The number of rotatable bonds is 5.